The van der Waals surface area contributed by atoms with Crippen molar-refractivity contribution < 1.29 is 4.74 Å². The minimum Gasteiger partial charge on any atom is -0.494 e. The number of rotatable bonds is 7. The highest BCUT2D eigenvalue weighted by Gasteiger charge is 2.02. The van der Waals surface area contributed by atoms with Crippen molar-refractivity contribution in [1.82, 2.24) is 0 Å². The molecule has 4 heteroatoms. The van der Waals surface area contributed by atoms with E-state index in [1.54, 1.807) is 12.1 Å². The fraction of sp³-hybridized carbons (Fsp3) is 0.294. The lowest BCUT2D eigenvalue weighted by atomic mass is 10.2. The van der Waals surface area contributed by atoms with Gasteiger partial charge in [-0.05, 0) is 42.3 Å². The molecule has 0 radical (unpaired) electrons. The highest BCUT2D eigenvalue weighted by atomic mass is 35.5. The van der Waals surface area contributed by atoms with Crippen LogP contribution in [0.25, 0.3) is 0 Å². The van der Waals surface area contributed by atoms with Crippen LogP contribution >= 0.6 is 23.2 Å². The van der Waals surface area contributed by atoms with Gasteiger partial charge < -0.3 is 10.1 Å². The predicted octanol–water partition coefficient (Wildman–Crippen LogP) is 5.78. The van der Waals surface area contributed by atoms with Crippen molar-refractivity contribution in [3.05, 3.63) is 58.1 Å². The molecule has 2 nitrogen and oxygen atoms in total. The standard InChI is InChI=1S/C17H19Cl2NO/c1-2-3-9-21-15-6-4-5-13(10-15)12-20-17-11-14(18)7-8-16(17)19/h4-8,10-11,20H,2-3,9,12H2,1H3. The van der Waals surface area contributed by atoms with Gasteiger partial charge in [0.2, 0.25) is 0 Å². The molecule has 0 aliphatic carbocycles. The molecule has 0 bridgehead atoms. The quantitative estimate of drug-likeness (QED) is 0.651. The SMILES string of the molecule is CCCCOc1cccc(CNc2cc(Cl)ccc2Cl)c1. The summed E-state index contributed by atoms with van der Waals surface area (Å²) in [7, 11) is 0. The lowest BCUT2D eigenvalue weighted by molar-refractivity contribution is 0.309. The van der Waals surface area contributed by atoms with E-state index >= 15 is 0 Å². The number of ether oxygens (including phenoxy) is 1. The molecular weight excluding hydrogens is 305 g/mol. The molecule has 0 fully saturated rings. The van der Waals surface area contributed by atoms with Gasteiger partial charge in [0.15, 0.2) is 0 Å². The van der Waals surface area contributed by atoms with Gasteiger partial charge in [-0.1, -0.05) is 48.7 Å². The predicted molar refractivity (Wildman–Crippen MR) is 90.6 cm³/mol. The number of nitrogens with one attached hydrogen (secondary N) is 1. The molecule has 2 rings (SSSR count). The Balaban J connectivity index is 1.96. The van der Waals surface area contributed by atoms with Crippen LogP contribution in [0.3, 0.4) is 0 Å². The molecule has 2 aromatic carbocycles. The second-order valence-corrected chi connectivity index (χ2v) is 5.67. The van der Waals surface area contributed by atoms with Crippen LogP contribution in [0, 0.1) is 0 Å². The first-order valence-corrected chi connectivity index (χ1v) is 7.85. The minimum absolute atomic E-state index is 0.662. The Morgan fingerprint density at radius 3 is 2.76 bits per heavy atom. The van der Waals surface area contributed by atoms with E-state index in [1.807, 2.05) is 24.3 Å². The van der Waals surface area contributed by atoms with Crippen LogP contribution < -0.4 is 10.1 Å². The largest absolute Gasteiger partial charge is 0.494 e. The molecule has 0 saturated heterocycles. The van der Waals surface area contributed by atoms with Gasteiger partial charge in [0.25, 0.3) is 0 Å². The summed E-state index contributed by atoms with van der Waals surface area (Å²) in [6, 6.07) is 13.5. The van der Waals surface area contributed by atoms with Crippen molar-refractivity contribution in [2.75, 3.05) is 11.9 Å². The van der Waals surface area contributed by atoms with Gasteiger partial charge in [-0.25, -0.2) is 0 Å². The molecule has 21 heavy (non-hydrogen) atoms. The fourth-order valence-corrected chi connectivity index (χ4v) is 2.27. The van der Waals surface area contributed by atoms with Crippen molar-refractivity contribution >= 4 is 28.9 Å². The highest BCUT2D eigenvalue weighted by Crippen LogP contribution is 2.26. The monoisotopic (exact) mass is 323 g/mol. The Kier molecular flexibility index (Phi) is 6.21. The second-order valence-electron chi connectivity index (χ2n) is 4.83. The minimum atomic E-state index is 0.662. The zero-order valence-corrected chi connectivity index (χ0v) is 13.5. The van der Waals surface area contributed by atoms with Crippen molar-refractivity contribution in [3.63, 3.8) is 0 Å². The Labute approximate surface area is 136 Å². The van der Waals surface area contributed by atoms with Gasteiger partial charge in [0.1, 0.15) is 5.75 Å². The normalized spacial score (nSPS) is 10.4. The van der Waals surface area contributed by atoms with Crippen molar-refractivity contribution in [3.8, 4) is 5.75 Å². The summed E-state index contributed by atoms with van der Waals surface area (Å²) < 4.78 is 5.71. The van der Waals surface area contributed by atoms with Crippen LogP contribution in [-0.2, 0) is 6.54 Å². The molecule has 0 aliphatic heterocycles. The highest BCUT2D eigenvalue weighted by molar-refractivity contribution is 6.35. The second kappa shape index (κ2) is 8.16. The lowest BCUT2D eigenvalue weighted by Crippen LogP contribution is -2.01. The summed E-state index contributed by atoms with van der Waals surface area (Å²) in [4.78, 5) is 0. The van der Waals surface area contributed by atoms with Crippen LogP contribution in [0.1, 0.15) is 25.3 Å². The summed E-state index contributed by atoms with van der Waals surface area (Å²) in [5, 5.41) is 4.62. The maximum atomic E-state index is 6.13. The number of hydrogen-bond acceptors (Lipinski definition) is 2. The van der Waals surface area contributed by atoms with Gasteiger partial charge in [0.05, 0.1) is 17.3 Å². The first-order valence-electron chi connectivity index (χ1n) is 7.09. The first-order chi connectivity index (χ1) is 10.2. The van der Waals surface area contributed by atoms with E-state index in [-0.39, 0.29) is 0 Å². The molecule has 2 aromatic rings. The average molecular weight is 324 g/mol. The van der Waals surface area contributed by atoms with E-state index in [2.05, 4.69) is 18.3 Å². The van der Waals surface area contributed by atoms with E-state index < -0.39 is 0 Å². The van der Waals surface area contributed by atoms with Gasteiger partial charge in [-0.15, -0.1) is 0 Å². The van der Waals surface area contributed by atoms with Gasteiger partial charge in [-0.3, -0.25) is 0 Å². The van der Waals surface area contributed by atoms with Gasteiger partial charge in [0, 0.05) is 11.6 Å². The van der Waals surface area contributed by atoms with E-state index in [1.165, 1.54) is 0 Å². The third kappa shape index (κ3) is 5.14. The van der Waals surface area contributed by atoms with Gasteiger partial charge in [-0.2, -0.15) is 0 Å². The molecule has 0 spiro atoms. The Hall–Kier alpha value is -1.38. The Morgan fingerprint density at radius 1 is 1.10 bits per heavy atom. The molecule has 0 amide bonds. The summed E-state index contributed by atoms with van der Waals surface area (Å²) in [5.74, 6) is 0.903. The Bertz CT molecular complexity index is 587. The van der Waals surface area contributed by atoms with E-state index in [0.29, 0.717) is 16.6 Å². The van der Waals surface area contributed by atoms with Crippen LogP contribution in [0.2, 0.25) is 10.0 Å². The molecule has 1 N–H and O–H groups in total. The molecule has 0 aromatic heterocycles. The van der Waals surface area contributed by atoms with Crippen LogP contribution in [0.15, 0.2) is 42.5 Å². The smallest absolute Gasteiger partial charge is 0.119 e. The van der Waals surface area contributed by atoms with Gasteiger partial charge >= 0.3 is 0 Å². The Morgan fingerprint density at radius 2 is 1.95 bits per heavy atom. The third-order valence-corrected chi connectivity index (χ3v) is 3.64. The topological polar surface area (TPSA) is 21.3 Å². The lowest BCUT2D eigenvalue weighted by Gasteiger charge is -2.11. The molecular formula is C17H19Cl2NO. The van der Waals surface area contributed by atoms with Crippen LogP contribution in [0.5, 0.6) is 5.75 Å². The van der Waals surface area contributed by atoms with E-state index in [9.17, 15) is 0 Å². The average Bonchev–Trinajstić information content (AvgIpc) is 2.49. The summed E-state index contributed by atoms with van der Waals surface area (Å²) in [6.45, 7) is 3.58. The number of halogens is 2. The number of benzene rings is 2. The van der Waals surface area contributed by atoms with E-state index in [4.69, 9.17) is 27.9 Å². The maximum Gasteiger partial charge on any atom is 0.119 e. The molecule has 112 valence electrons. The zero-order valence-electron chi connectivity index (χ0n) is 12.0. The number of anilines is 1. The fourth-order valence-electron chi connectivity index (χ4n) is 1.91. The third-order valence-electron chi connectivity index (χ3n) is 3.08. The maximum absolute atomic E-state index is 6.13. The van der Waals surface area contributed by atoms with Crippen molar-refractivity contribution in [2.45, 2.75) is 26.3 Å². The number of hydrogen-bond donors (Lipinski definition) is 1. The van der Waals surface area contributed by atoms with Crippen molar-refractivity contribution in [1.29, 1.82) is 0 Å². The molecule has 0 atom stereocenters. The summed E-state index contributed by atoms with van der Waals surface area (Å²) >= 11 is 12.1. The summed E-state index contributed by atoms with van der Waals surface area (Å²) in [6.07, 6.45) is 2.20. The molecule has 0 heterocycles. The van der Waals surface area contributed by atoms with Crippen LogP contribution in [-0.4, -0.2) is 6.61 Å². The molecule has 0 unspecified atom stereocenters. The number of unbranched alkanes of at least 4 members (excludes halogenated alkanes) is 1. The molecule has 0 aliphatic rings. The zero-order chi connectivity index (χ0) is 15.1. The van der Waals surface area contributed by atoms with Crippen molar-refractivity contribution in [2.24, 2.45) is 0 Å². The molecule has 0 saturated carbocycles. The van der Waals surface area contributed by atoms with E-state index in [0.717, 1.165) is 36.4 Å². The summed E-state index contributed by atoms with van der Waals surface area (Å²) in [5.41, 5.74) is 1.97. The first kappa shape index (κ1) is 16.0. The van der Waals surface area contributed by atoms with Crippen LogP contribution in [0.4, 0.5) is 5.69 Å².